The average Bonchev–Trinajstić information content (AvgIpc) is 2.36. The second-order valence-corrected chi connectivity index (χ2v) is 6.68. The van der Waals surface area contributed by atoms with Crippen LogP contribution in [0.25, 0.3) is 0 Å². The smallest absolute Gasteiger partial charge is 0.323 e. The molecule has 0 heterocycles. The Kier molecular flexibility index (Phi) is 10.0. The summed E-state index contributed by atoms with van der Waals surface area (Å²) in [5.74, 6) is -0.154. The van der Waals surface area contributed by atoms with Gasteiger partial charge in [0.2, 0.25) is 0 Å². The summed E-state index contributed by atoms with van der Waals surface area (Å²) in [6.45, 7) is 9.91. The predicted molar refractivity (Wildman–Crippen MR) is 86.0 cm³/mol. The van der Waals surface area contributed by atoms with Gasteiger partial charge in [0.15, 0.2) is 0 Å². The van der Waals surface area contributed by atoms with E-state index in [2.05, 4.69) is 0 Å². The quantitative estimate of drug-likeness (QED) is 0.593. The Balaban J connectivity index is 3.96. The lowest BCUT2D eigenvalue weighted by Gasteiger charge is -2.18. The number of carbonyl (C=O) groups excluding carboxylic acids is 2. The van der Waals surface area contributed by atoms with E-state index in [0.717, 1.165) is 0 Å². The molecule has 0 amide bonds. The minimum Gasteiger partial charge on any atom is -0.464 e. The summed E-state index contributed by atoms with van der Waals surface area (Å²) in [6, 6.07) is -1.21. The summed E-state index contributed by atoms with van der Waals surface area (Å²) >= 11 is 0. The number of hydrogen-bond acceptors (Lipinski definition) is 6. The fourth-order valence-corrected chi connectivity index (χ4v) is 1.99. The highest BCUT2D eigenvalue weighted by Crippen LogP contribution is 2.08. The number of ether oxygens (including phenoxy) is 2. The van der Waals surface area contributed by atoms with E-state index < -0.39 is 24.0 Å². The molecule has 0 spiro atoms. The highest BCUT2D eigenvalue weighted by atomic mass is 16.6. The minimum absolute atomic E-state index is 0.179. The van der Waals surface area contributed by atoms with Gasteiger partial charge in [0.05, 0.1) is 6.61 Å². The van der Waals surface area contributed by atoms with Crippen molar-refractivity contribution in [1.29, 1.82) is 0 Å². The number of carbonyl (C=O) groups is 2. The van der Waals surface area contributed by atoms with Crippen molar-refractivity contribution in [1.82, 2.24) is 0 Å². The summed E-state index contributed by atoms with van der Waals surface area (Å²) in [4.78, 5) is 23.4. The normalized spacial score (nSPS) is 15.5. The maximum atomic E-state index is 11.7. The summed E-state index contributed by atoms with van der Waals surface area (Å²) in [7, 11) is 0. The third-order valence-electron chi connectivity index (χ3n) is 3.14. The highest BCUT2D eigenvalue weighted by molar-refractivity contribution is 5.76. The van der Waals surface area contributed by atoms with Gasteiger partial charge in [0.1, 0.15) is 18.2 Å². The molecule has 6 heteroatoms. The van der Waals surface area contributed by atoms with Crippen LogP contribution in [0, 0.1) is 11.8 Å². The van der Waals surface area contributed by atoms with Gasteiger partial charge in [-0.15, -0.1) is 0 Å². The van der Waals surface area contributed by atoms with Crippen LogP contribution in [0.2, 0.25) is 0 Å². The first-order valence-electron chi connectivity index (χ1n) is 8.01. The standard InChI is InChI=1S/C16H32N2O4/c1-10(2)8-13(17)15(19)21-7-6-12(5)22-16(20)14(18)9-11(3)4/h10-14H,6-9,17-18H2,1-5H3/t12-,13+,14+/m1/s1. The maximum Gasteiger partial charge on any atom is 0.323 e. The first kappa shape index (κ1) is 20.9. The first-order valence-corrected chi connectivity index (χ1v) is 8.01. The van der Waals surface area contributed by atoms with Crippen LogP contribution in [0.1, 0.15) is 53.9 Å². The van der Waals surface area contributed by atoms with E-state index in [4.69, 9.17) is 20.9 Å². The van der Waals surface area contributed by atoms with Crippen molar-refractivity contribution in [2.45, 2.75) is 72.1 Å². The Hall–Kier alpha value is -1.14. The second kappa shape index (κ2) is 10.6. The average molecular weight is 316 g/mol. The molecule has 0 aliphatic rings. The Morgan fingerprint density at radius 1 is 0.864 bits per heavy atom. The molecule has 130 valence electrons. The lowest BCUT2D eigenvalue weighted by Crippen LogP contribution is -2.36. The second-order valence-electron chi connectivity index (χ2n) is 6.68. The monoisotopic (exact) mass is 316 g/mol. The lowest BCUT2D eigenvalue weighted by molar-refractivity contribution is -0.152. The molecule has 0 aliphatic carbocycles. The third kappa shape index (κ3) is 9.73. The van der Waals surface area contributed by atoms with Crippen molar-refractivity contribution in [2.24, 2.45) is 23.3 Å². The van der Waals surface area contributed by atoms with E-state index >= 15 is 0 Å². The van der Waals surface area contributed by atoms with Gasteiger partial charge in [-0.2, -0.15) is 0 Å². The van der Waals surface area contributed by atoms with Gasteiger partial charge in [-0.05, 0) is 31.6 Å². The Morgan fingerprint density at radius 3 is 1.77 bits per heavy atom. The van der Waals surface area contributed by atoms with Crippen molar-refractivity contribution < 1.29 is 19.1 Å². The summed E-state index contributed by atoms with van der Waals surface area (Å²) < 4.78 is 10.3. The van der Waals surface area contributed by atoms with Crippen molar-refractivity contribution in [2.75, 3.05) is 6.61 Å². The van der Waals surface area contributed by atoms with Crippen LogP contribution in [0.3, 0.4) is 0 Å². The van der Waals surface area contributed by atoms with Gasteiger partial charge < -0.3 is 20.9 Å². The molecule has 0 unspecified atom stereocenters. The van der Waals surface area contributed by atoms with Crippen LogP contribution in [0.5, 0.6) is 0 Å². The zero-order valence-corrected chi connectivity index (χ0v) is 14.5. The van der Waals surface area contributed by atoms with Gasteiger partial charge >= 0.3 is 11.9 Å². The van der Waals surface area contributed by atoms with Crippen molar-refractivity contribution >= 4 is 11.9 Å². The molecule has 0 aromatic carbocycles. The van der Waals surface area contributed by atoms with Gasteiger partial charge in [0.25, 0.3) is 0 Å². The summed E-state index contributed by atoms with van der Waals surface area (Å²) in [6.07, 6.45) is 1.26. The topological polar surface area (TPSA) is 105 Å². The van der Waals surface area contributed by atoms with E-state index in [-0.39, 0.29) is 12.7 Å². The molecule has 0 saturated heterocycles. The van der Waals surface area contributed by atoms with Crippen LogP contribution < -0.4 is 11.5 Å². The predicted octanol–water partition coefficient (Wildman–Crippen LogP) is 1.60. The van der Waals surface area contributed by atoms with E-state index in [1.54, 1.807) is 6.92 Å². The fourth-order valence-electron chi connectivity index (χ4n) is 1.99. The van der Waals surface area contributed by atoms with Crippen LogP contribution in [-0.2, 0) is 19.1 Å². The largest absolute Gasteiger partial charge is 0.464 e. The fraction of sp³-hybridized carbons (Fsp3) is 0.875. The van der Waals surface area contributed by atoms with Crippen molar-refractivity contribution in [3.05, 3.63) is 0 Å². The van der Waals surface area contributed by atoms with Gasteiger partial charge in [-0.3, -0.25) is 9.59 Å². The molecule has 0 saturated carbocycles. The Labute approximate surface area is 133 Å². The van der Waals surface area contributed by atoms with Crippen LogP contribution in [0.4, 0.5) is 0 Å². The van der Waals surface area contributed by atoms with Gasteiger partial charge in [-0.1, -0.05) is 27.7 Å². The molecule has 0 radical (unpaired) electrons. The summed E-state index contributed by atoms with van der Waals surface area (Å²) in [5.41, 5.74) is 11.5. The van der Waals surface area contributed by atoms with E-state index in [0.29, 0.717) is 31.1 Å². The minimum atomic E-state index is -0.607. The molecule has 22 heavy (non-hydrogen) atoms. The molecule has 0 fully saturated rings. The highest BCUT2D eigenvalue weighted by Gasteiger charge is 2.20. The number of esters is 2. The first-order chi connectivity index (χ1) is 10.1. The molecule has 3 atom stereocenters. The molecule has 0 aliphatic heterocycles. The molecule has 0 bridgehead atoms. The molecule has 0 rings (SSSR count). The maximum absolute atomic E-state index is 11.7. The molecule has 0 aromatic heterocycles. The number of nitrogens with two attached hydrogens (primary N) is 2. The van der Waals surface area contributed by atoms with Crippen LogP contribution in [-0.4, -0.2) is 36.7 Å². The SMILES string of the molecule is CC(C)C[C@H](N)C(=O)OCC[C@@H](C)OC(=O)[C@@H](N)CC(C)C. The van der Waals surface area contributed by atoms with E-state index in [1.165, 1.54) is 0 Å². The Bertz CT molecular complexity index is 345. The van der Waals surface area contributed by atoms with Crippen LogP contribution >= 0.6 is 0 Å². The molecule has 6 nitrogen and oxygen atoms in total. The molecule has 0 aromatic rings. The van der Waals surface area contributed by atoms with Crippen molar-refractivity contribution in [3.63, 3.8) is 0 Å². The zero-order valence-electron chi connectivity index (χ0n) is 14.5. The zero-order chi connectivity index (χ0) is 17.3. The summed E-state index contributed by atoms with van der Waals surface area (Å²) in [5, 5.41) is 0. The molecular weight excluding hydrogens is 284 g/mol. The van der Waals surface area contributed by atoms with E-state index in [9.17, 15) is 9.59 Å². The van der Waals surface area contributed by atoms with E-state index in [1.807, 2.05) is 27.7 Å². The molecular formula is C16H32N2O4. The number of hydrogen-bond donors (Lipinski definition) is 2. The van der Waals surface area contributed by atoms with Gasteiger partial charge in [0, 0.05) is 6.42 Å². The number of rotatable bonds is 10. The third-order valence-corrected chi connectivity index (χ3v) is 3.14. The van der Waals surface area contributed by atoms with Crippen LogP contribution in [0.15, 0.2) is 0 Å². The molecule has 4 N–H and O–H groups in total. The Morgan fingerprint density at radius 2 is 1.32 bits per heavy atom. The van der Waals surface area contributed by atoms with Gasteiger partial charge in [-0.25, -0.2) is 0 Å². The lowest BCUT2D eigenvalue weighted by atomic mass is 10.0. The van der Waals surface area contributed by atoms with Crippen molar-refractivity contribution in [3.8, 4) is 0 Å².